The predicted octanol–water partition coefficient (Wildman–Crippen LogP) is 4.29. The zero-order valence-electron chi connectivity index (χ0n) is 18.8. The summed E-state index contributed by atoms with van der Waals surface area (Å²) >= 11 is 12.4. The molecule has 0 atom stereocenters. The van der Waals surface area contributed by atoms with Crippen molar-refractivity contribution in [2.24, 2.45) is 0 Å². The van der Waals surface area contributed by atoms with Gasteiger partial charge in [0.1, 0.15) is 5.76 Å². The van der Waals surface area contributed by atoms with E-state index in [1.165, 1.54) is 0 Å². The van der Waals surface area contributed by atoms with E-state index in [2.05, 4.69) is 15.2 Å². The third-order valence-electron chi connectivity index (χ3n) is 6.20. The Morgan fingerprint density at radius 3 is 2.38 bits per heavy atom. The summed E-state index contributed by atoms with van der Waals surface area (Å²) in [6.45, 7) is 11.7. The van der Waals surface area contributed by atoms with Crippen molar-refractivity contribution >= 4 is 29.1 Å². The first-order chi connectivity index (χ1) is 15.2. The van der Waals surface area contributed by atoms with Crippen molar-refractivity contribution in [2.75, 3.05) is 26.2 Å². The lowest BCUT2D eigenvalue weighted by molar-refractivity contribution is -0.132. The number of hydrogen-bond acceptors (Lipinski definition) is 5. The highest BCUT2D eigenvalue weighted by Crippen LogP contribution is 2.27. The van der Waals surface area contributed by atoms with Gasteiger partial charge in [0.05, 0.1) is 28.5 Å². The predicted molar refractivity (Wildman–Crippen MR) is 125 cm³/mol. The Bertz CT molecular complexity index is 1130. The van der Waals surface area contributed by atoms with Crippen LogP contribution in [0.5, 0.6) is 0 Å². The molecule has 0 unspecified atom stereocenters. The molecule has 1 saturated heterocycles. The number of halogens is 2. The summed E-state index contributed by atoms with van der Waals surface area (Å²) in [6.07, 6.45) is 0.326. The number of piperazine rings is 1. The van der Waals surface area contributed by atoms with Crippen molar-refractivity contribution in [3.05, 3.63) is 62.2 Å². The summed E-state index contributed by atoms with van der Waals surface area (Å²) in [5.74, 6) is 0.986. The smallest absolute Gasteiger partial charge is 0.227 e. The number of nitrogens with zero attached hydrogens (tertiary/aromatic N) is 5. The molecular formula is C23H27Cl2N5O2. The van der Waals surface area contributed by atoms with Crippen LogP contribution in [-0.2, 0) is 17.8 Å². The van der Waals surface area contributed by atoms with Crippen LogP contribution in [0, 0.1) is 27.7 Å². The van der Waals surface area contributed by atoms with Gasteiger partial charge in [0.25, 0.3) is 0 Å². The van der Waals surface area contributed by atoms with Gasteiger partial charge in [-0.15, -0.1) is 0 Å². The monoisotopic (exact) mass is 475 g/mol. The summed E-state index contributed by atoms with van der Waals surface area (Å²) in [5, 5.41) is 9.76. The highest BCUT2D eigenvalue weighted by atomic mass is 35.5. The van der Waals surface area contributed by atoms with Crippen LogP contribution in [0.2, 0.25) is 10.0 Å². The minimum Gasteiger partial charge on any atom is -0.361 e. The lowest BCUT2D eigenvalue weighted by Gasteiger charge is -2.34. The zero-order chi connectivity index (χ0) is 23.0. The van der Waals surface area contributed by atoms with Crippen molar-refractivity contribution in [1.29, 1.82) is 0 Å². The molecule has 1 aromatic carbocycles. The first kappa shape index (κ1) is 22.8. The molecule has 1 amide bonds. The maximum atomic E-state index is 13.1. The second-order valence-electron chi connectivity index (χ2n) is 8.29. The highest BCUT2D eigenvalue weighted by molar-refractivity contribution is 6.35. The number of aryl methyl sites for hydroxylation is 3. The molecule has 0 spiro atoms. The fourth-order valence-electron chi connectivity index (χ4n) is 4.19. The molecule has 170 valence electrons. The van der Waals surface area contributed by atoms with Crippen LogP contribution in [-0.4, -0.2) is 56.8 Å². The third-order valence-corrected chi connectivity index (χ3v) is 6.73. The molecule has 0 aliphatic carbocycles. The van der Waals surface area contributed by atoms with E-state index in [1.807, 2.05) is 38.7 Å². The van der Waals surface area contributed by atoms with E-state index in [0.29, 0.717) is 29.6 Å². The molecule has 1 aliphatic heterocycles. The Labute approximate surface area is 197 Å². The lowest BCUT2D eigenvalue weighted by atomic mass is 10.1. The SMILES string of the molecule is Cc1noc(C)c1CN1CCN(C(=O)Cc2c(C)nn(-c3ccc(Cl)cc3Cl)c2C)CC1. The summed E-state index contributed by atoms with van der Waals surface area (Å²) in [7, 11) is 0. The number of amides is 1. The molecule has 2 aromatic heterocycles. The molecule has 0 saturated carbocycles. The second kappa shape index (κ2) is 9.25. The van der Waals surface area contributed by atoms with Gasteiger partial charge in [0, 0.05) is 54.6 Å². The van der Waals surface area contributed by atoms with E-state index >= 15 is 0 Å². The molecular weight excluding hydrogens is 449 g/mol. The van der Waals surface area contributed by atoms with E-state index in [0.717, 1.165) is 59.3 Å². The third kappa shape index (κ3) is 4.56. The van der Waals surface area contributed by atoms with Gasteiger partial charge in [-0.3, -0.25) is 9.69 Å². The van der Waals surface area contributed by atoms with Gasteiger partial charge in [0.15, 0.2) is 0 Å². The van der Waals surface area contributed by atoms with Crippen LogP contribution in [0.4, 0.5) is 0 Å². The lowest BCUT2D eigenvalue weighted by Crippen LogP contribution is -2.48. The van der Waals surface area contributed by atoms with E-state index in [9.17, 15) is 4.79 Å². The number of benzene rings is 1. The minimum atomic E-state index is 0.120. The van der Waals surface area contributed by atoms with Gasteiger partial charge >= 0.3 is 0 Å². The average Bonchev–Trinajstić information content (AvgIpc) is 3.22. The van der Waals surface area contributed by atoms with Crippen LogP contribution >= 0.6 is 23.2 Å². The fraction of sp³-hybridized carbons (Fsp3) is 0.435. The Balaban J connectivity index is 1.41. The van der Waals surface area contributed by atoms with E-state index in [1.54, 1.807) is 16.8 Å². The van der Waals surface area contributed by atoms with Gasteiger partial charge in [-0.2, -0.15) is 5.10 Å². The van der Waals surface area contributed by atoms with Gasteiger partial charge < -0.3 is 9.42 Å². The maximum Gasteiger partial charge on any atom is 0.227 e. The standard InChI is InChI=1S/C23H27Cl2N5O2/c1-14-19(16(3)30(26-14)22-6-5-18(24)11-21(22)25)12-23(31)29-9-7-28(8-10-29)13-20-15(2)27-32-17(20)4/h5-6,11H,7-10,12-13H2,1-4H3. The van der Waals surface area contributed by atoms with E-state index < -0.39 is 0 Å². The molecule has 3 aromatic rings. The first-order valence-corrected chi connectivity index (χ1v) is 11.4. The Morgan fingerprint density at radius 2 is 1.75 bits per heavy atom. The quantitative estimate of drug-likeness (QED) is 0.550. The van der Waals surface area contributed by atoms with Crippen LogP contribution < -0.4 is 0 Å². The number of hydrogen-bond donors (Lipinski definition) is 0. The van der Waals surface area contributed by atoms with Gasteiger partial charge in [0.2, 0.25) is 5.91 Å². The van der Waals surface area contributed by atoms with Crippen molar-refractivity contribution in [2.45, 2.75) is 40.7 Å². The van der Waals surface area contributed by atoms with Crippen molar-refractivity contribution < 1.29 is 9.32 Å². The second-order valence-corrected chi connectivity index (χ2v) is 9.14. The van der Waals surface area contributed by atoms with E-state index in [-0.39, 0.29) is 5.91 Å². The van der Waals surface area contributed by atoms with Crippen LogP contribution in [0.3, 0.4) is 0 Å². The maximum absolute atomic E-state index is 13.1. The van der Waals surface area contributed by atoms with Gasteiger partial charge in [-0.25, -0.2) is 4.68 Å². The molecule has 7 nitrogen and oxygen atoms in total. The number of rotatable bonds is 5. The average molecular weight is 476 g/mol. The number of aromatic nitrogens is 3. The minimum absolute atomic E-state index is 0.120. The Hall–Kier alpha value is -2.35. The summed E-state index contributed by atoms with van der Waals surface area (Å²) in [4.78, 5) is 17.3. The Kier molecular flexibility index (Phi) is 6.60. The Morgan fingerprint density at radius 1 is 1.03 bits per heavy atom. The summed E-state index contributed by atoms with van der Waals surface area (Å²) in [6, 6.07) is 5.32. The van der Waals surface area contributed by atoms with Crippen molar-refractivity contribution in [1.82, 2.24) is 24.7 Å². The number of carbonyl (C=O) groups is 1. The summed E-state index contributed by atoms with van der Waals surface area (Å²) < 4.78 is 7.06. The summed E-state index contributed by atoms with van der Waals surface area (Å²) in [5.41, 5.74) is 5.52. The van der Waals surface area contributed by atoms with Crippen molar-refractivity contribution in [3.63, 3.8) is 0 Å². The highest BCUT2D eigenvalue weighted by Gasteiger charge is 2.25. The molecule has 32 heavy (non-hydrogen) atoms. The molecule has 0 radical (unpaired) electrons. The topological polar surface area (TPSA) is 67.4 Å². The number of carbonyl (C=O) groups excluding carboxylic acids is 1. The zero-order valence-corrected chi connectivity index (χ0v) is 20.3. The van der Waals surface area contributed by atoms with Crippen LogP contribution in [0.1, 0.15) is 34.0 Å². The molecule has 0 bridgehead atoms. The van der Waals surface area contributed by atoms with Gasteiger partial charge in [-0.1, -0.05) is 28.4 Å². The van der Waals surface area contributed by atoms with Crippen LogP contribution in [0.15, 0.2) is 22.7 Å². The normalized spacial score (nSPS) is 14.9. The molecule has 4 rings (SSSR count). The molecule has 0 N–H and O–H groups in total. The molecule has 9 heteroatoms. The molecule has 1 aliphatic rings. The van der Waals surface area contributed by atoms with Crippen LogP contribution in [0.25, 0.3) is 5.69 Å². The van der Waals surface area contributed by atoms with Gasteiger partial charge in [-0.05, 0) is 45.9 Å². The largest absolute Gasteiger partial charge is 0.361 e. The van der Waals surface area contributed by atoms with Crippen molar-refractivity contribution in [3.8, 4) is 5.69 Å². The van der Waals surface area contributed by atoms with E-state index in [4.69, 9.17) is 27.7 Å². The molecule has 3 heterocycles. The first-order valence-electron chi connectivity index (χ1n) is 10.7. The molecule has 1 fully saturated rings. The fourth-order valence-corrected chi connectivity index (χ4v) is 4.68.